The molecule has 2 atom stereocenters. The Morgan fingerprint density at radius 3 is 2.43 bits per heavy atom. The maximum absolute atomic E-state index is 12.2. The second-order valence-corrected chi connectivity index (χ2v) is 12.6. The van der Waals surface area contributed by atoms with Crippen LogP contribution < -0.4 is 12.4 Å². The van der Waals surface area contributed by atoms with Gasteiger partial charge >= 0.3 is 0 Å². The van der Waals surface area contributed by atoms with Crippen LogP contribution in [0, 0.1) is 11.8 Å². The van der Waals surface area contributed by atoms with Gasteiger partial charge in [0.25, 0.3) is 0 Å². The number of phenolic OH excluding ortho intramolecular Hbond substituents is 1. The lowest BCUT2D eigenvalue weighted by Gasteiger charge is -2.52. The molecule has 3 aromatic rings. The molecule has 0 radical (unpaired) electrons. The Bertz CT molecular complexity index is 1170. The number of aromatic hydroxyl groups is 1. The molecule has 5 nitrogen and oxygen atoms in total. The van der Waals surface area contributed by atoms with E-state index in [1.165, 1.54) is 32.4 Å². The van der Waals surface area contributed by atoms with Crippen molar-refractivity contribution in [2.45, 2.75) is 67.2 Å². The number of benzene rings is 2. The monoisotopic (exact) mass is 540 g/mol. The third-order valence-corrected chi connectivity index (χ3v) is 10.4. The molecular formula is C30H37ClN2O3S. The van der Waals surface area contributed by atoms with E-state index >= 15 is 0 Å². The van der Waals surface area contributed by atoms with Gasteiger partial charge in [-0.1, -0.05) is 60.8 Å². The Labute approximate surface area is 230 Å². The summed E-state index contributed by atoms with van der Waals surface area (Å²) in [5.41, 5.74) is 0.489. The first-order chi connectivity index (χ1) is 17.5. The van der Waals surface area contributed by atoms with E-state index in [2.05, 4.69) is 11.2 Å². The van der Waals surface area contributed by atoms with Crippen LogP contribution in [0.25, 0.3) is 0 Å². The average molecular weight is 541 g/mol. The quantitative estimate of drug-likeness (QED) is 0.451. The summed E-state index contributed by atoms with van der Waals surface area (Å²) >= 11 is 1.91. The zero-order valence-corrected chi connectivity index (χ0v) is 22.8. The smallest absolute Gasteiger partial charge is 0.191 e. The molecule has 37 heavy (non-hydrogen) atoms. The Balaban J connectivity index is 0.00000280. The minimum absolute atomic E-state index is 0. The average Bonchev–Trinajstić information content (AvgIpc) is 3.38. The SMILES string of the molecule is Oc1cccc(S[C@H]2C[N+]3(Cc4cc([C@](O)(c5ccccc5)C5CCCCC5)no4)CCC2CC3)c1.[Cl-]. The number of fused-ring (bicyclic) bond motifs is 3. The molecule has 0 unspecified atom stereocenters. The predicted octanol–water partition coefficient (Wildman–Crippen LogP) is 3.10. The summed E-state index contributed by atoms with van der Waals surface area (Å²) < 4.78 is 7.00. The van der Waals surface area contributed by atoms with E-state index in [-0.39, 0.29) is 18.3 Å². The normalized spacial score (nSPS) is 27.4. The van der Waals surface area contributed by atoms with Crippen LogP contribution in [0.3, 0.4) is 0 Å². The van der Waals surface area contributed by atoms with Crippen LogP contribution in [0.2, 0.25) is 0 Å². The molecule has 1 aliphatic carbocycles. The predicted molar refractivity (Wildman–Crippen MR) is 142 cm³/mol. The highest BCUT2D eigenvalue weighted by Crippen LogP contribution is 2.46. The molecule has 198 valence electrons. The summed E-state index contributed by atoms with van der Waals surface area (Å²) in [5, 5.41) is 27.2. The van der Waals surface area contributed by atoms with Crippen LogP contribution >= 0.6 is 11.8 Å². The topological polar surface area (TPSA) is 66.5 Å². The number of phenols is 1. The van der Waals surface area contributed by atoms with Gasteiger partial charge in [-0.05, 0) is 48.4 Å². The van der Waals surface area contributed by atoms with Crippen molar-refractivity contribution in [3.05, 3.63) is 77.7 Å². The second kappa shape index (κ2) is 11.0. The van der Waals surface area contributed by atoms with Crippen LogP contribution in [-0.4, -0.2) is 44.7 Å². The Kier molecular flexibility index (Phi) is 7.92. The van der Waals surface area contributed by atoms with E-state index in [0.717, 1.165) is 65.4 Å². The molecule has 4 aliphatic rings. The molecule has 3 aliphatic heterocycles. The van der Waals surface area contributed by atoms with Gasteiger partial charge in [0.1, 0.15) is 23.6 Å². The maximum Gasteiger partial charge on any atom is 0.191 e. The third-order valence-electron chi connectivity index (χ3n) is 9.00. The van der Waals surface area contributed by atoms with Crippen LogP contribution in [0.5, 0.6) is 5.75 Å². The van der Waals surface area contributed by atoms with Crippen LogP contribution in [-0.2, 0) is 12.1 Å². The summed E-state index contributed by atoms with van der Waals surface area (Å²) in [6.45, 7) is 4.27. The standard InChI is InChI=1S/C30H36N2O3S.ClH/c33-25-12-7-13-27(18-25)36-28-21-32(16-14-22(28)15-17-32)20-26-19-29(31-35-26)30(34,23-8-3-1-4-9-23)24-10-5-2-6-11-24;/h1,3-4,7-9,12-13,18-19,22,24,28,34H,2,5-6,10-11,14-17,20-21H2;1H/t22?,28-,30-,32?;/m0./s1. The molecule has 7 rings (SSSR count). The molecule has 2 N–H and O–H groups in total. The number of hydrogen-bond donors (Lipinski definition) is 2. The zero-order valence-electron chi connectivity index (χ0n) is 21.3. The molecule has 0 spiro atoms. The maximum atomic E-state index is 12.2. The van der Waals surface area contributed by atoms with Crippen molar-refractivity contribution in [2.24, 2.45) is 11.8 Å². The largest absolute Gasteiger partial charge is 1.00 e. The zero-order chi connectivity index (χ0) is 24.6. The Hall–Kier alpha value is -1.99. The lowest BCUT2D eigenvalue weighted by molar-refractivity contribution is -0.954. The molecular weight excluding hydrogens is 504 g/mol. The number of thioether (sulfide) groups is 1. The first kappa shape index (κ1) is 26.6. The molecule has 2 aromatic carbocycles. The molecule has 4 fully saturated rings. The van der Waals surface area contributed by atoms with Crippen molar-refractivity contribution in [1.82, 2.24) is 5.16 Å². The van der Waals surface area contributed by atoms with Gasteiger partial charge in [-0.3, -0.25) is 0 Å². The molecule has 1 aromatic heterocycles. The van der Waals surface area contributed by atoms with Gasteiger partial charge in [-0.2, -0.15) is 0 Å². The summed E-state index contributed by atoms with van der Waals surface area (Å²) in [6.07, 6.45) is 8.05. The lowest BCUT2D eigenvalue weighted by atomic mass is 9.71. The van der Waals surface area contributed by atoms with Gasteiger partial charge in [0.2, 0.25) is 0 Å². The first-order valence-corrected chi connectivity index (χ1v) is 14.5. The fourth-order valence-corrected chi connectivity index (χ4v) is 8.56. The lowest BCUT2D eigenvalue weighted by Crippen LogP contribution is -3.00. The fourth-order valence-electron chi connectivity index (χ4n) is 7.01. The van der Waals surface area contributed by atoms with Crippen molar-refractivity contribution in [2.75, 3.05) is 19.6 Å². The minimum Gasteiger partial charge on any atom is -1.00 e. The molecule has 4 heterocycles. The number of rotatable bonds is 7. The molecule has 7 heteroatoms. The van der Waals surface area contributed by atoms with E-state index in [4.69, 9.17) is 4.52 Å². The Morgan fingerprint density at radius 1 is 0.946 bits per heavy atom. The highest BCUT2D eigenvalue weighted by Gasteiger charge is 2.48. The van der Waals surface area contributed by atoms with Crippen LogP contribution in [0.1, 0.15) is 62.0 Å². The van der Waals surface area contributed by atoms with E-state index < -0.39 is 5.60 Å². The summed E-state index contributed by atoms with van der Waals surface area (Å²) in [5.74, 6) is 2.12. The van der Waals surface area contributed by atoms with E-state index in [1.807, 2.05) is 60.3 Å². The fraction of sp³-hybridized carbons (Fsp3) is 0.500. The van der Waals surface area contributed by atoms with Crippen molar-refractivity contribution in [3.8, 4) is 5.75 Å². The van der Waals surface area contributed by atoms with Crippen molar-refractivity contribution < 1.29 is 31.6 Å². The summed E-state index contributed by atoms with van der Waals surface area (Å²) in [6, 6.07) is 19.8. The molecule has 1 saturated carbocycles. The van der Waals surface area contributed by atoms with Gasteiger partial charge in [0.05, 0.1) is 24.9 Å². The number of quaternary nitrogens is 1. The van der Waals surface area contributed by atoms with Crippen molar-refractivity contribution in [3.63, 3.8) is 0 Å². The summed E-state index contributed by atoms with van der Waals surface area (Å²) in [7, 11) is 0. The number of hydrogen-bond acceptors (Lipinski definition) is 5. The number of nitrogens with zero attached hydrogens (tertiary/aromatic N) is 2. The molecule has 3 saturated heterocycles. The van der Waals surface area contributed by atoms with Crippen LogP contribution in [0.15, 0.2) is 70.1 Å². The summed E-state index contributed by atoms with van der Waals surface area (Å²) in [4.78, 5) is 1.15. The highest BCUT2D eigenvalue weighted by atomic mass is 35.5. The van der Waals surface area contributed by atoms with Crippen molar-refractivity contribution in [1.29, 1.82) is 0 Å². The highest BCUT2D eigenvalue weighted by molar-refractivity contribution is 8.00. The van der Waals surface area contributed by atoms with Gasteiger partial charge < -0.3 is 31.6 Å². The van der Waals surface area contributed by atoms with Gasteiger partial charge in [-0.25, -0.2) is 0 Å². The van der Waals surface area contributed by atoms with E-state index in [9.17, 15) is 10.2 Å². The van der Waals surface area contributed by atoms with Crippen molar-refractivity contribution >= 4 is 11.8 Å². The molecule has 2 bridgehead atoms. The second-order valence-electron chi connectivity index (χ2n) is 11.3. The number of halogens is 1. The molecule has 0 amide bonds. The third kappa shape index (κ3) is 5.31. The minimum atomic E-state index is -1.11. The van der Waals surface area contributed by atoms with Gasteiger partial charge in [0.15, 0.2) is 5.76 Å². The number of piperidine rings is 3. The van der Waals surface area contributed by atoms with Gasteiger partial charge in [0, 0.05) is 23.8 Å². The number of aromatic nitrogens is 1. The van der Waals surface area contributed by atoms with E-state index in [1.54, 1.807) is 6.07 Å². The van der Waals surface area contributed by atoms with Gasteiger partial charge in [-0.15, -0.1) is 11.8 Å². The number of aliphatic hydroxyl groups is 1. The Morgan fingerprint density at radius 2 is 1.70 bits per heavy atom. The first-order valence-electron chi connectivity index (χ1n) is 13.6. The van der Waals surface area contributed by atoms with E-state index in [0.29, 0.717) is 16.7 Å². The van der Waals surface area contributed by atoms with Crippen LogP contribution in [0.4, 0.5) is 0 Å².